The van der Waals surface area contributed by atoms with Crippen LogP contribution in [0.4, 0.5) is 16.2 Å². The molecule has 1 fully saturated rings. The summed E-state index contributed by atoms with van der Waals surface area (Å²) in [7, 11) is 1.53. The highest BCUT2D eigenvalue weighted by atomic mass is 32.2. The number of nitrogen functional groups attached to an aromatic ring is 1. The summed E-state index contributed by atoms with van der Waals surface area (Å²) in [5.74, 6) is 0.742. The number of amides is 2. The summed E-state index contributed by atoms with van der Waals surface area (Å²) in [4.78, 5) is 22.9. The third-order valence-corrected chi connectivity index (χ3v) is 3.39. The number of nitrogens with two attached hydrogens (primary N) is 1. The van der Waals surface area contributed by atoms with Gasteiger partial charge in [0.15, 0.2) is 0 Å². The first-order valence-corrected chi connectivity index (χ1v) is 6.26. The molecule has 1 aliphatic heterocycles. The molecule has 4 N–H and O–H groups in total. The summed E-state index contributed by atoms with van der Waals surface area (Å²) in [5, 5.41) is 5.05. The molecule has 7 heteroatoms. The van der Waals surface area contributed by atoms with Crippen LogP contribution < -0.4 is 21.1 Å². The van der Waals surface area contributed by atoms with Crippen LogP contribution >= 0.6 is 11.8 Å². The van der Waals surface area contributed by atoms with Crippen molar-refractivity contribution >= 4 is 34.3 Å². The Hall–Kier alpha value is -1.89. The number of hydrogen-bond donors (Lipinski definition) is 3. The predicted octanol–water partition coefficient (Wildman–Crippen LogP) is 1.04. The van der Waals surface area contributed by atoms with Crippen LogP contribution in [0.5, 0.6) is 5.75 Å². The lowest BCUT2D eigenvalue weighted by Crippen LogP contribution is -2.38. The average Bonchev–Trinajstić information content (AvgIpc) is 2.79. The number of carbonyl (C=O) groups is 2. The minimum absolute atomic E-state index is 0.186. The number of hydrogen-bond acceptors (Lipinski definition) is 5. The third-order valence-electron chi connectivity index (χ3n) is 2.51. The van der Waals surface area contributed by atoms with Crippen LogP contribution in [-0.2, 0) is 4.79 Å². The maximum absolute atomic E-state index is 11.9. The number of anilines is 2. The molecule has 0 saturated carbocycles. The maximum Gasteiger partial charge on any atom is 0.279 e. The van der Waals surface area contributed by atoms with E-state index in [1.54, 1.807) is 18.2 Å². The van der Waals surface area contributed by atoms with Gasteiger partial charge in [-0.25, -0.2) is 0 Å². The van der Waals surface area contributed by atoms with Crippen LogP contribution in [0.25, 0.3) is 0 Å². The normalized spacial score (nSPS) is 18.3. The lowest BCUT2D eigenvalue weighted by Gasteiger charge is -2.13. The van der Waals surface area contributed by atoms with Gasteiger partial charge in [-0.05, 0) is 12.1 Å². The Morgan fingerprint density at radius 1 is 1.61 bits per heavy atom. The molecule has 0 bridgehead atoms. The van der Waals surface area contributed by atoms with E-state index in [1.807, 2.05) is 0 Å². The van der Waals surface area contributed by atoms with E-state index >= 15 is 0 Å². The summed E-state index contributed by atoms with van der Waals surface area (Å²) in [6, 6.07) is 4.47. The molecule has 1 unspecified atom stereocenters. The minimum Gasteiger partial charge on any atom is -0.497 e. The number of ether oxygens (including phenoxy) is 1. The zero-order chi connectivity index (χ0) is 13.1. The highest BCUT2D eigenvalue weighted by Crippen LogP contribution is 2.25. The summed E-state index contributed by atoms with van der Waals surface area (Å²) in [5.41, 5.74) is 6.68. The molecule has 1 aliphatic rings. The average molecular weight is 267 g/mol. The first-order chi connectivity index (χ1) is 8.60. The van der Waals surface area contributed by atoms with Crippen LogP contribution in [0.3, 0.4) is 0 Å². The summed E-state index contributed by atoms with van der Waals surface area (Å²) < 4.78 is 5.05. The molecular weight excluding hydrogens is 254 g/mol. The number of rotatable bonds is 3. The second-order valence-electron chi connectivity index (χ2n) is 3.74. The molecule has 1 aromatic rings. The van der Waals surface area contributed by atoms with E-state index in [0.717, 1.165) is 11.8 Å². The SMILES string of the molecule is COc1ccc(N)c(NC(=O)C2CSC(=O)N2)c1. The highest BCUT2D eigenvalue weighted by Gasteiger charge is 2.28. The molecule has 0 aromatic heterocycles. The largest absolute Gasteiger partial charge is 0.497 e. The monoisotopic (exact) mass is 267 g/mol. The van der Waals surface area contributed by atoms with Gasteiger partial charge >= 0.3 is 0 Å². The first-order valence-electron chi connectivity index (χ1n) is 5.28. The maximum atomic E-state index is 11.9. The van der Waals surface area contributed by atoms with Gasteiger partial charge in [-0.15, -0.1) is 0 Å². The van der Waals surface area contributed by atoms with Gasteiger partial charge in [-0.3, -0.25) is 9.59 Å². The van der Waals surface area contributed by atoms with E-state index in [9.17, 15) is 9.59 Å². The molecule has 96 valence electrons. The van der Waals surface area contributed by atoms with Crippen LogP contribution in [-0.4, -0.2) is 30.1 Å². The molecule has 18 heavy (non-hydrogen) atoms. The van der Waals surface area contributed by atoms with Crippen molar-refractivity contribution in [3.8, 4) is 5.75 Å². The minimum atomic E-state index is -0.520. The standard InChI is InChI=1S/C11H13N3O3S/c1-17-6-2-3-7(12)8(4-6)13-10(15)9-5-18-11(16)14-9/h2-4,9H,5,12H2,1H3,(H,13,15)(H,14,16). The van der Waals surface area contributed by atoms with E-state index in [1.165, 1.54) is 7.11 Å². The van der Waals surface area contributed by atoms with Crippen molar-refractivity contribution in [3.63, 3.8) is 0 Å². The van der Waals surface area contributed by atoms with Gasteiger partial charge in [0.25, 0.3) is 5.24 Å². The van der Waals surface area contributed by atoms with Crippen molar-refractivity contribution in [1.82, 2.24) is 5.32 Å². The van der Waals surface area contributed by atoms with Gasteiger partial charge in [-0.1, -0.05) is 11.8 Å². The molecule has 6 nitrogen and oxygen atoms in total. The van der Waals surface area contributed by atoms with Crippen molar-refractivity contribution in [2.45, 2.75) is 6.04 Å². The third kappa shape index (κ3) is 2.67. The van der Waals surface area contributed by atoms with Crippen molar-refractivity contribution in [2.75, 3.05) is 23.9 Å². The number of carbonyl (C=O) groups excluding carboxylic acids is 2. The summed E-state index contributed by atoms with van der Waals surface area (Å²) in [6.45, 7) is 0. The quantitative estimate of drug-likeness (QED) is 0.711. The van der Waals surface area contributed by atoms with Crippen LogP contribution in [0.2, 0.25) is 0 Å². The van der Waals surface area contributed by atoms with Crippen molar-refractivity contribution in [2.24, 2.45) is 0 Å². The lowest BCUT2D eigenvalue weighted by molar-refractivity contribution is -0.117. The first kappa shape index (κ1) is 12.6. The van der Waals surface area contributed by atoms with Gasteiger partial charge in [0.2, 0.25) is 5.91 Å². The highest BCUT2D eigenvalue weighted by molar-refractivity contribution is 8.14. The fourth-order valence-electron chi connectivity index (χ4n) is 1.52. The zero-order valence-electron chi connectivity index (χ0n) is 9.73. The molecule has 0 aliphatic carbocycles. The van der Waals surface area contributed by atoms with Crippen LogP contribution in [0.15, 0.2) is 18.2 Å². The smallest absolute Gasteiger partial charge is 0.279 e. The van der Waals surface area contributed by atoms with Gasteiger partial charge in [-0.2, -0.15) is 0 Å². The zero-order valence-corrected chi connectivity index (χ0v) is 10.5. The van der Waals surface area contributed by atoms with Crippen LogP contribution in [0.1, 0.15) is 0 Å². The van der Waals surface area contributed by atoms with Gasteiger partial charge in [0.1, 0.15) is 11.8 Å². The summed E-state index contributed by atoms with van der Waals surface area (Å²) >= 11 is 1.09. The number of thioether (sulfide) groups is 1. The Bertz CT molecular complexity index is 492. The molecule has 0 spiro atoms. The second kappa shape index (κ2) is 5.18. The Morgan fingerprint density at radius 3 is 3.00 bits per heavy atom. The Balaban J connectivity index is 2.09. The fraction of sp³-hybridized carbons (Fsp3) is 0.273. The second-order valence-corrected chi connectivity index (χ2v) is 4.73. The van der Waals surface area contributed by atoms with Crippen molar-refractivity contribution in [1.29, 1.82) is 0 Å². The van der Waals surface area contributed by atoms with E-state index in [2.05, 4.69) is 10.6 Å². The molecule has 1 saturated heterocycles. The molecule has 1 aromatic carbocycles. The van der Waals surface area contributed by atoms with E-state index in [-0.39, 0.29) is 11.1 Å². The van der Waals surface area contributed by atoms with E-state index in [4.69, 9.17) is 10.5 Å². The lowest BCUT2D eigenvalue weighted by atomic mass is 10.2. The number of nitrogens with one attached hydrogen (secondary N) is 2. The van der Waals surface area contributed by atoms with Crippen molar-refractivity contribution in [3.05, 3.63) is 18.2 Å². The molecular formula is C11H13N3O3S. The fourth-order valence-corrected chi connectivity index (χ4v) is 2.29. The van der Waals surface area contributed by atoms with Gasteiger partial charge < -0.3 is 21.1 Å². The Labute approximate surface area is 108 Å². The van der Waals surface area contributed by atoms with Gasteiger partial charge in [0, 0.05) is 11.8 Å². The topological polar surface area (TPSA) is 93.4 Å². The number of benzene rings is 1. The Kier molecular flexibility index (Phi) is 3.61. The number of methoxy groups -OCH3 is 1. The molecule has 2 amide bonds. The van der Waals surface area contributed by atoms with E-state index < -0.39 is 6.04 Å². The molecule has 1 heterocycles. The van der Waals surface area contributed by atoms with Gasteiger partial charge in [0.05, 0.1) is 18.5 Å². The molecule has 0 radical (unpaired) electrons. The summed E-state index contributed by atoms with van der Waals surface area (Å²) in [6.07, 6.45) is 0. The predicted molar refractivity (Wildman–Crippen MR) is 70.8 cm³/mol. The van der Waals surface area contributed by atoms with E-state index in [0.29, 0.717) is 22.9 Å². The Morgan fingerprint density at radius 2 is 2.39 bits per heavy atom. The molecule has 2 rings (SSSR count). The van der Waals surface area contributed by atoms with Crippen molar-refractivity contribution < 1.29 is 14.3 Å². The van der Waals surface area contributed by atoms with Crippen LogP contribution in [0, 0.1) is 0 Å². The molecule has 1 atom stereocenters.